The van der Waals surface area contributed by atoms with E-state index in [1.54, 1.807) is 6.26 Å². The highest BCUT2D eigenvalue weighted by atomic mass is 16.3. The first-order chi connectivity index (χ1) is 11.1. The molecular formula is C18H24N4O. The normalized spacial score (nSPS) is 15.7. The molecule has 0 radical (unpaired) electrons. The van der Waals surface area contributed by atoms with Crippen LogP contribution in [0.2, 0.25) is 0 Å². The summed E-state index contributed by atoms with van der Waals surface area (Å²) in [7, 11) is 4.01. The summed E-state index contributed by atoms with van der Waals surface area (Å²) in [5.74, 6) is 1.32. The van der Waals surface area contributed by atoms with E-state index in [1.165, 1.54) is 24.0 Å². The van der Waals surface area contributed by atoms with Gasteiger partial charge >= 0.3 is 0 Å². The summed E-state index contributed by atoms with van der Waals surface area (Å²) in [6.07, 6.45) is 5.27. The van der Waals surface area contributed by atoms with Gasteiger partial charge < -0.3 is 15.5 Å². The second-order valence-electron chi connectivity index (χ2n) is 6.18. The van der Waals surface area contributed by atoms with E-state index in [-0.39, 0.29) is 6.04 Å². The second-order valence-corrected chi connectivity index (χ2v) is 6.18. The topological polar surface area (TPSA) is 66.8 Å². The number of likely N-dealkylation sites (N-methyl/N-ethyl adjacent to an activating group) is 1. The second kappa shape index (κ2) is 6.87. The first-order valence-corrected chi connectivity index (χ1v) is 8.02. The lowest BCUT2D eigenvalue weighted by atomic mass is 10.1. The number of hydrogen-bond acceptors (Lipinski definition) is 3. The molecule has 0 amide bonds. The Morgan fingerprint density at radius 2 is 2.13 bits per heavy atom. The molecule has 0 spiro atoms. The van der Waals surface area contributed by atoms with E-state index in [0.717, 1.165) is 17.9 Å². The summed E-state index contributed by atoms with van der Waals surface area (Å²) in [5, 5.41) is 3.19. The molecule has 3 rings (SSSR count). The number of nitrogens with one attached hydrogen (secondary N) is 1. The third kappa shape index (κ3) is 3.74. The van der Waals surface area contributed by atoms with Gasteiger partial charge in [0.2, 0.25) is 0 Å². The van der Waals surface area contributed by atoms with Gasteiger partial charge in [-0.1, -0.05) is 6.07 Å². The van der Waals surface area contributed by atoms with Crippen molar-refractivity contribution < 1.29 is 4.42 Å². The highest BCUT2D eigenvalue weighted by Gasteiger charge is 2.16. The Morgan fingerprint density at radius 3 is 2.87 bits per heavy atom. The molecule has 0 bridgehead atoms. The molecule has 0 saturated heterocycles. The summed E-state index contributed by atoms with van der Waals surface area (Å²) >= 11 is 0. The van der Waals surface area contributed by atoms with Crippen molar-refractivity contribution in [2.24, 2.45) is 10.7 Å². The quantitative estimate of drug-likeness (QED) is 0.658. The van der Waals surface area contributed by atoms with E-state index in [0.29, 0.717) is 12.5 Å². The fraction of sp³-hybridized carbons (Fsp3) is 0.389. The third-order valence-electron chi connectivity index (χ3n) is 4.30. The number of aryl methyl sites for hydroxylation is 2. The average molecular weight is 312 g/mol. The van der Waals surface area contributed by atoms with Crippen LogP contribution in [0, 0.1) is 0 Å². The molecule has 1 atom stereocenters. The molecular weight excluding hydrogens is 288 g/mol. The highest BCUT2D eigenvalue weighted by molar-refractivity contribution is 5.92. The number of fused-ring (bicyclic) bond motifs is 1. The van der Waals surface area contributed by atoms with Crippen molar-refractivity contribution in [1.82, 2.24) is 4.90 Å². The number of nitrogens with two attached hydrogens (primary N) is 1. The Kier molecular flexibility index (Phi) is 4.67. The zero-order valence-electron chi connectivity index (χ0n) is 13.7. The molecule has 1 heterocycles. The van der Waals surface area contributed by atoms with Gasteiger partial charge in [-0.25, -0.2) is 0 Å². The number of anilines is 1. The summed E-state index contributed by atoms with van der Waals surface area (Å²) in [5.41, 5.74) is 9.92. The van der Waals surface area contributed by atoms with Crippen LogP contribution < -0.4 is 11.1 Å². The van der Waals surface area contributed by atoms with Gasteiger partial charge in [-0.3, -0.25) is 9.89 Å². The van der Waals surface area contributed by atoms with Gasteiger partial charge in [-0.15, -0.1) is 0 Å². The van der Waals surface area contributed by atoms with E-state index < -0.39 is 0 Å². The van der Waals surface area contributed by atoms with E-state index >= 15 is 0 Å². The number of guanidine groups is 1. The number of nitrogens with zero attached hydrogens (tertiary/aromatic N) is 2. The van der Waals surface area contributed by atoms with E-state index in [9.17, 15) is 0 Å². The molecule has 5 heteroatoms. The molecule has 0 fully saturated rings. The van der Waals surface area contributed by atoms with Crippen LogP contribution in [-0.2, 0) is 12.8 Å². The Balaban J connectivity index is 1.65. The minimum Gasteiger partial charge on any atom is -0.468 e. The van der Waals surface area contributed by atoms with E-state index in [4.69, 9.17) is 10.2 Å². The number of hydrogen-bond donors (Lipinski definition) is 2. The van der Waals surface area contributed by atoms with Gasteiger partial charge in [0.15, 0.2) is 5.96 Å². The lowest BCUT2D eigenvalue weighted by Gasteiger charge is -2.20. The van der Waals surface area contributed by atoms with Crippen LogP contribution in [0.3, 0.4) is 0 Å². The molecule has 1 aromatic heterocycles. The SMILES string of the molecule is CN(C)C(CN=C(N)Nc1ccc2c(c1)CCC2)c1ccco1. The maximum atomic E-state index is 6.04. The summed E-state index contributed by atoms with van der Waals surface area (Å²) in [6.45, 7) is 0.546. The van der Waals surface area contributed by atoms with Gasteiger partial charge in [0.25, 0.3) is 0 Å². The van der Waals surface area contributed by atoms with Crippen LogP contribution in [0.15, 0.2) is 46.0 Å². The molecule has 1 unspecified atom stereocenters. The first kappa shape index (κ1) is 15.6. The molecule has 1 aromatic carbocycles. The number of aliphatic imine (C=N–C) groups is 1. The fourth-order valence-corrected chi connectivity index (χ4v) is 3.01. The first-order valence-electron chi connectivity index (χ1n) is 8.02. The molecule has 0 saturated carbocycles. The molecule has 1 aliphatic carbocycles. The summed E-state index contributed by atoms with van der Waals surface area (Å²) in [6, 6.07) is 10.4. The van der Waals surface area contributed by atoms with E-state index in [2.05, 4.69) is 33.4 Å². The van der Waals surface area contributed by atoms with Crippen LogP contribution in [0.4, 0.5) is 5.69 Å². The van der Waals surface area contributed by atoms with Crippen molar-refractivity contribution >= 4 is 11.6 Å². The summed E-state index contributed by atoms with van der Waals surface area (Å²) < 4.78 is 5.49. The van der Waals surface area contributed by atoms with Gasteiger partial charge in [-0.05, 0) is 68.8 Å². The molecule has 122 valence electrons. The summed E-state index contributed by atoms with van der Waals surface area (Å²) in [4.78, 5) is 6.55. The lowest BCUT2D eigenvalue weighted by Crippen LogP contribution is -2.27. The average Bonchev–Trinajstić information content (AvgIpc) is 3.17. The standard InChI is InChI=1S/C18H24N4O/c1-22(2)16(17-7-4-10-23-17)12-20-18(19)21-15-9-8-13-5-3-6-14(13)11-15/h4,7-11,16H,3,5-6,12H2,1-2H3,(H3,19,20,21). The maximum Gasteiger partial charge on any atom is 0.193 e. The number of benzene rings is 1. The minimum atomic E-state index is 0.0744. The molecule has 2 aromatic rings. The molecule has 3 N–H and O–H groups in total. The Hall–Kier alpha value is -2.27. The van der Waals surface area contributed by atoms with Crippen molar-refractivity contribution in [2.45, 2.75) is 25.3 Å². The van der Waals surface area contributed by atoms with Crippen LogP contribution in [-0.4, -0.2) is 31.5 Å². The molecule has 0 aliphatic heterocycles. The maximum absolute atomic E-state index is 6.04. The molecule has 1 aliphatic rings. The highest BCUT2D eigenvalue weighted by Crippen LogP contribution is 2.25. The van der Waals surface area contributed by atoms with Crippen molar-refractivity contribution in [3.8, 4) is 0 Å². The van der Waals surface area contributed by atoms with Crippen molar-refractivity contribution in [2.75, 3.05) is 26.0 Å². The van der Waals surface area contributed by atoms with Crippen molar-refractivity contribution in [1.29, 1.82) is 0 Å². The predicted molar refractivity (Wildman–Crippen MR) is 93.7 cm³/mol. The van der Waals surface area contributed by atoms with Crippen molar-refractivity contribution in [3.05, 3.63) is 53.5 Å². The predicted octanol–water partition coefficient (Wildman–Crippen LogP) is 2.80. The van der Waals surface area contributed by atoms with Crippen LogP contribution >= 0.6 is 0 Å². The largest absolute Gasteiger partial charge is 0.468 e. The number of rotatable bonds is 5. The smallest absolute Gasteiger partial charge is 0.193 e. The third-order valence-corrected chi connectivity index (χ3v) is 4.30. The van der Waals surface area contributed by atoms with Crippen LogP contribution in [0.5, 0.6) is 0 Å². The zero-order valence-corrected chi connectivity index (χ0v) is 13.7. The minimum absolute atomic E-state index is 0.0744. The van der Waals surface area contributed by atoms with Gasteiger partial charge in [-0.2, -0.15) is 0 Å². The Bertz CT molecular complexity index is 676. The van der Waals surface area contributed by atoms with Gasteiger partial charge in [0, 0.05) is 5.69 Å². The van der Waals surface area contributed by atoms with E-state index in [1.807, 2.05) is 26.2 Å². The van der Waals surface area contributed by atoms with Crippen LogP contribution in [0.1, 0.15) is 29.3 Å². The number of furan rings is 1. The van der Waals surface area contributed by atoms with Crippen LogP contribution in [0.25, 0.3) is 0 Å². The Labute approximate surface area is 137 Å². The van der Waals surface area contributed by atoms with Gasteiger partial charge in [0.1, 0.15) is 5.76 Å². The van der Waals surface area contributed by atoms with Gasteiger partial charge in [0.05, 0.1) is 18.8 Å². The zero-order chi connectivity index (χ0) is 16.2. The monoisotopic (exact) mass is 312 g/mol. The Morgan fingerprint density at radius 1 is 1.30 bits per heavy atom. The van der Waals surface area contributed by atoms with Crippen molar-refractivity contribution in [3.63, 3.8) is 0 Å². The molecule has 23 heavy (non-hydrogen) atoms. The lowest BCUT2D eigenvalue weighted by molar-refractivity contribution is 0.265. The fourth-order valence-electron chi connectivity index (χ4n) is 3.01. The molecule has 5 nitrogen and oxygen atoms in total.